The number of fused-ring (bicyclic) bond motifs is 1. The third-order valence-corrected chi connectivity index (χ3v) is 5.34. The van der Waals surface area contributed by atoms with Gasteiger partial charge in [0.05, 0.1) is 23.7 Å². The number of nitrogens with zero attached hydrogens (tertiary/aromatic N) is 1. The van der Waals surface area contributed by atoms with Crippen molar-refractivity contribution < 1.29 is 24.2 Å². The van der Waals surface area contributed by atoms with Gasteiger partial charge in [0.25, 0.3) is 0 Å². The van der Waals surface area contributed by atoms with Crippen LogP contribution in [0.1, 0.15) is 42.9 Å². The minimum atomic E-state index is -1.23. The molecule has 1 fully saturated rings. The van der Waals surface area contributed by atoms with E-state index >= 15 is 0 Å². The second kappa shape index (κ2) is 8.78. The summed E-state index contributed by atoms with van der Waals surface area (Å²) < 4.78 is 13.6. The number of carbonyl (C=O) groups excluding carboxylic acids is 1. The highest BCUT2D eigenvalue weighted by Crippen LogP contribution is 2.45. The molecule has 0 aliphatic heterocycles. The van der Waals surface area contributed by atoms with Crippen molar-refractivity contribution in [3.8, 4) is 11.1 Å². The first-order valence-electron chi connectivity index (χ1n) is 10.2. The zero-order chi connectivity index (χ0) is 22.0. The lowest BCUT2D eigenvalue weighted by Crippen LogP contribution is -2.16. The predicted molar refractivity (Wildman–Crippen MR) is 116 cm³/mol. The lowest BCUT2D eigenvalue weighted by atomic mass is 9.92. The van der Waals surface area contributed by atoms with Gasteiger partial charge in [-0.25, -0.2) is 4.39 Å². The fourth-order valence-electron chi connectivity index (χ4n) is 3.76. The van der Waals surface area contributed by atoms with Crippen molar-refractivity contribution in [3.05, 3.63) is 71.7 Å². The third-order valence-electron chi connectivity index (χ3n) is 5.34. The summed E-state index contributed by atoms with van der Waals surface area (Å²) in [7, 11) is 0. The van der Waals surface area contributed by atoms with Crippen LogP contribution in [0.3, 0.4) is 0 Å². The van der Waals surface area contributed by atoms with Crippen LogP contribution < -0.4 is 0 Å². The van der Waals surface area contributed by atoms with Crippen molar-refractivity contribution in [1.82, 2.24) is 4.98 Å². The normalized spacial score (nSPS) is 14.8. The molecule has 1 aromatic heterocycles. The quantitative estimate of drug-likeness (QED) is 0.516. The number of aliphatic carboxylic acids is 1. The topological polar surface area (TPSA) is 87.5 Å². The van der Waals surface area contributed by atoms with Crippen LogP contribution in [0.2, 0.25) is 0 Å². The van der Waals surface area contributed by atoms with Crippen LogP contribution in [0.15, 0.2) is 54.6 Å². The number of ketones is 1. The van der Waals surface area contributed by atoms with Gasteiger partial charge in [0.15, 0.2) is 5.78 Å². The number of rotatable bonds is 8. The van der Waals surface area contributed by atoms with Crippen LogP contribution in [0.25, 0.3) is 28.1 Å². The lowest BCUT2D eigenvalue weighted by molar-refractivity contribution is -0.139. The van der Waals surface area contributed by atoms with Gasteiger partial charge in [-0.3, -0.25) is 14.6 Å². The summed E-state index contributed by atoms with van der Waals surface area (Å²) in [5, 5.41) is 19.4. The molecule has 0 amide bonds. The van der Waals surface area contributed by atoms with Crippen molar-refractivity contribution in [3.63, 3.8) is 0 Å². The van der Waals surface area contributed by atoms with Crippen molar-refractivity contribution >= 4 is 28.7 Å². The van der Waals surface area contributed by atoms with Gasteiger partial charge in [0.2, 0.25) is 0 Å². The van der Waals surface area contributed by atoms with E-state index in [1.807, 2.05) is 24.3 Å². The molecule has 0 spiro atoms. The monoisotopic (exact) mass is 419 g/mol. The highest BCUT2D eigenvalue weighted by molar-refractivity contribution is 6.02. The zero-order valence-electron chi connectivity index (χ0n) is 16.8. The lowest BCUT2D eigenvalue weighted by Gasteiger charge is -2.15. The first kappa shape index (κ1) is 20.9. The van der Waals surface area contributed by atoms with Crippen LogP contribution in [-0.2, 0) is 9.59 Å². The number of halogens is 1. The van der Waals surface area contributed by atoms with E-state index < -0.39 is 18.5 Å². The molecular weight excluding hydrogens is 397 g/mol. The number of para-hydroxylation sites is 1. The molecule has 5 nitrogen and oxygen atoms in total. The molecular formula is C25H22FNO4. The summed E-state index contributed by atoms with van der Waals surface area (Å²) in [6.45, 7) is 0. The number of benzene rings is 2. The number of carbonyl (C=O) groups is 2. The van der Waals surface area contributed by atoms with Crippen molar-refractivity contribution in [2.75, 3.05) is 0 Å². The van der Waals surface area contributed by atoms with Crippen molar-refractivity contribution in [2.24, 2.45) is 0 Å². The SMILES string of the molecule is O=C(O)CC(O)CC(=O)C=Cc1c(C2CC2)nc2ccccc2c1-c1ccc(F)cc1. The second-order valence-electron chi connectivity index (χ2n) is 7.84. The summed E-state index contributed by atoms with van der Waals surface area (Å²) in [4.78, 5) is 27.9. The number of aliphatic hydroxyl groups is 1. The average Bonchev–Trinajstić information content (AvgIpc) is 3.56. The first-order chi connectivity index (χ1) is 14.9. The number of aliphatic hydroxyl groups excluding tert-OH is 1. The van der Waals surface area contributed by atoms with Crippen LogP contribution in [-0.4, -0.2) is 33.1 Å². The fraction of sp³-hybridized carbons (Fsp3) is 0.240. The van der Waals surface area contributed by atoms with Gasteiger partial charge in [-0.2, -0.15) is 0 Å². The summed E-state index contributed by atoms with van der Waals surface area (Å²) >= 11 is 0. The van der Waals surface area contributed by atoms with E-state index in [1.54, 1.807) is 18.2 Å². The molecule has 1 aliphatic carbocycles. The molecule has 0 radical (unpaired) electrons. The van der Waals surface area contributed by atoms with E-state index in [-0.39, 0.29) is 18.0 Å². The molecule has 1 atom stereocenters. The highest BCUT2D eigenvalue weighted by atomic mass is 19.1. The number of carboxylic acid groups (broad SMARTS) is 1. The number of carboxylic acids is 1. The number of hydrogen-bond acceptors (Lipinski definition) is 4. The predicted octanol–water partition coefficient (Wildman–Crippen LogP) is 4.73. The minimum absolute atomic E-state index is 0.269. The van der Waals surface area contributed by atoms with E-state index in [1.165, 1.54) is 18.2 Å². The first-order valence-corrected chi connectivity index (χ1v) is 10.2. The number of hydrogen-bond donors (Lipinski definition) is 2. The number of pyridine rings is 1. The Kier molecular flexibility index (Phi) is 5.91. The summed E-state index contributed by atoms with van der Waals surface area (Å²) in [5.74, 6) is -1.55. The number of aromatic nitrogens is 1. The molecule has 1 aliphatic rings. The van der Waals surface area contributed by atoms with Gasteiger partial charge in [-0.15, -0.1) is 0 Å². The van der Waals surface area contributed by atoms with Gasteiger partial charge in [0.1, 0.15) is 5.82 Å². The van der Waals surface area contributed by atoms with E-state index in [4.69, 9.17) is 10.1 Å². The molecule has 2 N–H and O–H groups in total. The Balaban J connectivity index is 1.80. The Bertz CT molecular complexity index is 1170. The van der Waals surface area contributed by atoms with E-state index in [2.05, 4.69) is 0 Å². The van der Waals surface area contributed by atoms with Gasteiger partial charge >= 0.3 is 5.97 Å². The maximum absolute atomic E-state index is 13.6. The molecule has 6 heteroatoms. The minimum Gasteiger partial charge on any atom is -0.481 e. The molecule has 1 unspecified atom stereocenters. The standard InChI is InChI=1S/C25H22FNO4/c26-17-9-7-15(8-10-17)24-20-3-1-2-4-22(20)27-25(16-5-6-16)21(24)12-11-18(28)13-19(29)14-23(30)31/h1-4,7-12,16,19,29H,5-6,13-14H2,(H,30,31). The molecule has 158 valence electrons. The molecule has 3 aromatic rings. The van der Waals surface area contributed by atoms with Gasteiger partial charge in [0, 0.05) is 28.9 Å². The Hall–Kier alpha value is -3.38. The third kappa shape index (κ3) is 4.86. The van der Waals surface area contributed by atoms with E-state index in [9.17, 15) is 19.1 Å². The Morgan fingerprint density at radius 1 is 1.10 bits per heavy atom. The largest absolute Gasteiger partial charge is 0.481 e. The summed E-state index contributed by atoms with van der Waals surface area (Å²) in [6, 6.07) is 14.0. The molecule has 0 bridgehead atoms. The maximum atomic E-state index is 13.6. The Labute approximate surface area is 178 Å². The van der Waals surface area contributed by atoms with Crippen molar-refractivity contribution in [1.29, 1.82) is 0 Å². The Morgan fingerprint density at radius 3 is 2.48 bits per heavy atom. The van der Waals surface area contributed by atoms with Crippen LogP contribution in [0.4, 0.5) is 4.39 Å². The molecule has 1 saturated carbocycles. The number of allylic oxidation sites excluding steroid dienone is 1. The fourth-order valence-corrected chi connectivity index (χ4v) is 3.76. The van der Waals surface area contributed by atoms with Crippen LogP contribution in [0, 0.1) is 5.82 Å². The molecule has 2 aromatic carbocycles. The maximum Gasteiger partial charge on any atom is 0.305 e. The van der Waals surface area contributed by atoms with E-state index in [0.29, 0.717) is 5.92 Å². The smallest absolute Gasteiger partial charge is 0.305 e. The molecule has 4 rings (SSSR count). The second-order valence-corrected chi connectivity index (χ2v) is 7.84. The molecule has 31 heavy (non-hydrogen) atoms. The van der Waals surface area contributed by atoms with Gasteiger partial charge < -0.3 is 10.2 Å². The van der Waals surface area contributed by atoms with Crippen LogP contribution in [0.5, 0.6) is 0 Å². The van der Waals surface area contributed by atoms with Crippen molar-refractivity contribution in [2.45, 2.75) is 37.7 Å². The molecule has 0 saturated heterocycles. The van der Waals surface area contributed by atoms with E-state index in [0.717, 1.165) is 46.1 Å². The zero-order valence-corrected chi connectivity index (χ0v) is 16.8. The van der Waals surface area contributed by atoms with Gasteiger partial charge in [-0.1, -0.05) is 30.3 Å². The van der Waals surface area contributed by atoms with Gasteiger partial charge in [-0.05, 0) is 48.8 Å². The summed E-state index contributed by atoms with van der Waals surface area (Å²) in [6.07, 6.45) is 3.11. The molecule has 1 heterocycles. The summed E-state index contributed by atoms with van der Waals surface area (Å²) in [5.41, 5.74) is 4.23. The van der Waals surface area contributed by atoms with Crippen LogP contribution >= 0.6 is 0 Å². The highest BCUT2D eigenvalue weighted by Gasteiger charge is 2.29. The Morgan fingerprint density at radius 2 is 1.81 bits per heavy atom. The average molecular weight is 419 g/mol.